The topological polar surface area (TPSA) is 70.8 Å². The van der Waals surface area contributed by atoms with Gasteiger partial charge < -0.3 is 19.9 Å². The molecule has 0 aromatic heterocycles. The number of benzene rings is 2. The molecule has 0 saturated carbocycles. The number of nitrogens with two attached hydrogens (primary N) is 1. The maximum atomic E-state index is 11.3. The Morgan fingerprint density at radius 2 is 1.48 bits per heavy atom. The van der Waals surface area contributed by atoms with Crippen LogP contribution in [0.15, 0.2) is 36.4 Å². The highest BCUT2D eigenvalue weighted by Crippen LogP contribution is 2.32. The molecule has 110 valence electrons. The van der Waals surface area contributed by atoms with Crippen LogP contribution in [0.1, 0.15) is 17.3 Å². The molecular weight excluding hydrogens is 270 g/mol. The van der Waals surface area contributed by atoms with Crippen molar-refractivity contribution in [2.75, 3.05) is 20.0 Å². The van der Waals surface area contributed by atoms with Crippen LogP contribution < -0.4 is 19.9 Å². The second-order valence-corrected chi connectivity index (χ2v) is 4.46. The van der Waals surface area contributed by atoms with E-state index in [0.29, 0.717) is 34.2 Å². The Balaban J connectivity index is 2.29. The molecular formula is C16H17NO4. The maximum absolute atomic E-state index is 11.3. The molecule has 0 saturated heterocycles. The van der Waals surface area contributed by atoms with Crippen LogP contribution in [0.25, 0.3) is 0 Å². The normalized spacial score (nSPS) is 10.0. The van der Waals surface area contributed by atoms with E-state index in [1.165, 1.54) is 6.92 Å². The number of hydrogen-bond acceptors (Lipinski definition) is 5. The highest BCUT2D eigenvalue weighted by molar-refractivity contribution is 5.99. The molecule has 2 N–H and O–H groups in total. The monoisotopic (exact) mass is 287 g/mol. The van der Waals surface area contributed by atoms with Crippen molar-refractivity contribution in [1.29, 1.82) is 0 Å². The van der Waals surface area contributed by atoms with Crippen molar-refractivity contribution in [1.82, 2.24) is 0 Å². The Kier molecular flexibility index (Phi) is 4.33. The van der Waals surface area contributed by atoms with E-state index in [9.17, 15) is 4.79 Å². The minimum Gasteiger partial charge on any atom is -0.496 e. The zero-order valence-corrected chi connectivity index (χ0v) is 12.2. The molecule has 0 unspecified atom stereocenters. The molecule has 5 heteroatoms. The van der Waals surface area contributed by atoms with Crippen LogP contribution in [-0.2, 0) is 0 Å². The van der Waals surface area contributed by atoms with E-state index >= 15 is 0 Å². The summed E-state index contributed by atoms with van der Waals surface area (Å²) in [6.45, 7) is 1.47. The van der Waals surface area contributed by atoms with Crippen LogP contribution in [0.3, 0.4) is 0 Å². The number of hydrogen-bond donors (Lipinski definition) is 1. The number of ether oxygens (including phenoxy) is 3. The molecule has 2 aromatic rings. The predicted octanol–water partition coefficient (Wildman–Crippen LogP) is 3.28. The molecule has 2 aromatic carbocycles. The van der Waals surface area contributed by atoms with Crippen molar-refractivity contribution in [3.8, 4) is 23.0 Å². The van der Waals surface area contributed by atoms with Gasteiger partial charge in [-0.25, -0.2) is 0 Å². The summed E-state index contributed by atoms with van der Waals surface area (Å²) in [5, 5.41) is 0. The third-order valence-electron chi connectivity index (χ3n) is 2.96. The number of ketones is 1. The van der Waals surface area contributed by atoms with E-state index in [1.807, 2.05) is 0 Å². The quantitative estimate of drug-likeness (QED) is 0.675. The van der Waals surface area contributed by atoms with Gasteiger partial charge in [-0.05, 0) is 19.1 Å². The van der Waals surface area contributed by atoms with Crippen molar-refractivity contribution in [3.05, 3.63) is 42.0 Å². The van der Waals surface area contributed by atoms with E-state index in [0.717, 1.165) is 0 Å². The van der Waals surface area contributed by atoms with Crippen molar-refractivity contribution in [2.24, 2.45) is 0 Å². The Morgan fingerprint density at radius 1 is 0.905 bits per heavy atom. The largest absolute Gasteiger partial charge is 0.496 e. The third-order valence-corrected chi connectivity index (χ3v) is 2.96. The van der Waals surface area contributed by atoms with Gasteiger partial charge in [0.05, 0.1) is 14.2 Å². The van der Waals surface area contributed by atoms with Crippen LogP contribution in [0.5, 0.6) is 23.0 Å². The SMILES string of the molecule is COc1cc(OC)cc(Oc2ccc(C(C)=O)c(N)c2)c1. The van der Waals surface area contributed by atoms with Crippen LogP contribution in [0, 0.1) is 0 Å². The number of rotatable bonds is 5. The van der Waals surface area contributed by atoms with Gasteiger partial charge in [-0.15, -0.1) is 0 Å². The second-order valence-electron chi connectivity index (χ2n) is 4.46. The molecule has 21 heavy (non-hydrogen) atoms. The first-order valence-corrected chi connectivity index (χ1v) is 6.35. The van der Waals surface area contributed by atoms with Gasteiger partial charge in [0, 0.05) is 35.5 Å². The van der Waals surface area contributed by atoms with Gasteiger partial charge in [0.15, 0.2) is 5.78 Å². The summed E-state index contributed by atoms with van der Waals surface area (Å²) in [6.07, 6.45) is 0. The average Bonchev–Trinajstić information content (AvgIpc) is 2.46. The summed E-state index contributed by atoms with van der Waals surface area (Å²) in [5.74, 6) is 2.26. The highest BCUT2D eigenvalue weighted by atomic mass is 16.5. The molecule has 0 aliphatic heterocycles. The van der Waals surface area contributed by atoms with Crippen molar-refractivity contribution < 1.29 is 19.0 Å². The lowest BCUT2D eigenvalue weighted by Crippen LogP contribution is -1.99. The van der Waals surface area contributed by atoms with Crippen LogP contribution in [-0.4, -0.2) is 20.0 Å². The lowest BCUT2D eigenvalue weighted by Gasteiger charge is -2.11. The summed E-state index contributed by atoms with van der Waals surface area (Å²) < 4.78 is 16.1. The van der Waals surface area contributed by atoms with Gasteiger partial charge in [0.1, 0.15) is 23.0 Å². The Hall–Kier alpha value is -2.69. The zero-order chi connectivity index (χ0) is 15.4. The molecule has 0 fully saturated rings. The molecule has 0 heterocycles. The second kappa shape index (κ2) is 6.17. The van der Waals surface area contributed by atoms with E-state index < -0.39 is 0 Å². The van der Waals surface area contributed by atoms with Gasteiger partial charge in [-0.2, -0.15) is 0 Å². The molecule has 2 rings (SSSR count). The minimum atomic E-state index is -0.0814. The summed E-state index contributed by atoms with van der Waals surface area (Å²) in [6, 6.07) is 10.2. The van der Waals surface area contributed by atoms with Gasteiger partial charge in [-0.3, -0.25) is 4.79 Å². The standard InChI is InChI=1S/C16H17NO4/c1-10(18)15-5-4-11(9-16(15)17)21-14-7-12(19-2)6-13(8-14)20-3/h4-9H,17H2,1-3H3. The summed E-state index contributed by atoms with van der Waals surface area (Å²) >= 11 is 0. The lowest BCUT2D eigenvalue weighted by atomic mass is 10.1. The minimum absolute atomic E-state index is 0.0814. The zero-order valence-electron chi connectivity index (χ0n) is 12.2. The van der Waals surface area contributed by atoms with E-state index in [4.69, 9.17) is 19.9 Å². The van der Waals surface area contributed by atoms with Gasteiger partial charge in [-0.1, -0.05) is 0 Å². The number of methoxy groups -OCH3 is 2. The Bertz CT molecular complexity index is 645. The third kappa shape index (κ3) is 3.45. The van der Waals surface area contributed by atoms with Crippen molar-refractivity contribution in [3.63, 3.8) is 0 Å². The Morgan fingerprint density at radius 3 is 1.95 bits per heavy atom. The lowest BCUT2D eigenvalue weighted by molar-refractivity contribution is 0.101. The van der Waals surface area contributed by atoms with E-state index in [-0.39, 0.29) is 5.78 Å². The first-order valence-electron chi connectivity index (χ1n) is 6.35. The summed E-state index contributed by atoms with van der Waals surface area (Å²) in [7, 11) is 3.14. The van der Waals surface area contributed by atoms with Crippen LogP contribution in [0.2, 0.25) is 0 Å². The van der Waals surface area contributed by atoms with Crippen molar-refractivity contribution in [2.45, 2.75) is 6.92 Å². The molecule has 0 amide bonds. The van der Waals surface area contributed by atoms with Gasteiger partial charge >= 0.3 is 0 Å². The van der Waals surface area contributed by atoms with Crippen LogP contribution >= 0.6 is 0 Å². The fourth-order valence-electron chi connectivity index (χ4n) is 1.90. The molecule has 0 atom stereocenters. The molecule has 5 nitrogen and oxygen atoms in total. The summed E-state index contributed by atoms with van der Waals surface area (Å²) in [5.41, 5.74) is 6.70. The van der Waals surface area contributed by atoms with E-state index in [1.54, 1.807) is 50.6 Å². The first-order chi connectivity index (χ1) is 10.0. The number of anilines is 1. The van der Waals surface area contributed by atoms with Crippen LogP contribution in [0.4, 0.5) is 5.69 Å². The number of nitrogen functional groups attached to an aromatic ring is 1. The molecule has 0 radical (unpaired) electrons. The van der Waals surface area contributed by atoms with Gasteiger partial charge in [0.2, 0.25) is 0 Å². The van der Waals surface area contributed by atoms with Crippen molar-refractivity contribution >= 4 is 11.5 Å². The fourth-order valence-corrected chi connectivity index (χ4v) is 1.90. The molecule has 0 aliphatic rings. The fraction of sp³-hybridized carbons (Fsp3) is 0.188. The van der Waals surface area contributed by atoms with E-state index in [2.05, 4.69) is 0 Å². The molecule has 0 aliphatic carbocycles. The number of carbonyl (C=O) groups excluding carboxylic acids is 1. The maximum Gasteiger partial charge on any atom is 0.161 e. The highest BCUT2D eigenvalue weighted by Gasteiger charge is 2.08. The number of carbonyl (C=O) groups is 1. The number of Topliss-reactive ketones (excluding diaryl/α,β-unsaturated/α-hetero) is 1. The predicted molar refractivity (Wildman–Crippen MR) is 80.5 cm³/mol. The Labute approximate surface area is 123 Å². The first kappa shape index (κ1) is 14.7. The average molecular weight is 287 g/mol. The summed E-state index contributed by atoms with van der Waals surface area (Å²) in [4.78, 5) is 11.3. The smallest absolute Gasteiger partial charge is 0.161 e. The molecule has 0 bridgehead atoms. The van der Waals surface area contributed by atoms with Gasteiger partial charge in [0.25, 0.3) is 0 Å². The molecule has 0 spiro atoms.